The molecule has 2 aromatic carbocycles. The Balaban J connectivity index is 1.70. The lowest BCUT2D eigenvalue weighted by molar-refractivity contribution is -0.143. The number of carbonyl (C=O) groups is 3. The van der Waals surface area contributed by atoms with Crippen LogP contribution in [0, 0.1) is 6.92 Å². The minimum Gasteiger partial charge on any atom is -0.466 e. The largest absolute Gasteiger partial charge is 0.466 e. The number of nitrogens with one attached hydrogen (secondary N) is 1. The van der Waals surface area contributed by atoms with E-state index in [0.29, 0.717) is 47.3 Å². The summed E-state index contributed by atoms with van der Waals surface area (Å²) in [6.07, 6.45) is 0.672. The number of pyridine rings is 1. The van der Waals surface area contributed by atoms with Crippen molar-refractivity contribution >= 4 is 28.7 Å². The molecule has 1 aromatic heterocycles. The molecule has 0 saturated carbocycles. The van der Waals surface area contributed by atoms with Crippen molar-refractivity contribution in [2.75, 3.05) is 19.8 Å². The summed E-state index contributed by atoms with van der Waals surface area (Å²) in [6.45, 7) is 3.79. The molecule has 1 N–H and O–H groups in total. The quantitative estimate of drug-likeness (QED) is 0.406. The summed E-state index contributed by atoms with van der Waals surface area (Å²) in [6, 6.07) is 17.0. The summed E-state index contributed by atoms with van der Waals surface area (Å²) in [7, 11) is 0. The van der Waals surface area contributed by atoms with Crippen molar-refractivity contribution in [3.8, 4) is 11.3 Å². The number of esters is 2. The number of nitrogens with zero attached hydrogens (tertiary/aromatic N) is 1. The molecular weight excluding hydrogens is 408 g/mol. The summed E-state index contributed by atoms with van der Waals surface area (Å²) in [5, 5.41) is 3.31. The molecule has 32 heavy (non-hydrogen) atoms. The van der Waals surface area contributed by atoms with Gasteiger partial charge in [-0.2, -0.15) is 0 Å². The van der Waals surface area contributed by atoms with Crippen LogP contribution in [0.15, 0.2) is 54.6 Å². The number of ether oxygens (including phenoxy) is 2. The summed E-state index contributed by atoms with van der Waals surface area (Å²) >= 11 is 0. The van der Waals surface area contributed by atoms with Crippen LogP contribution >= 0.6 is 0 Å². The van der Waals surface area contributed by atoms with E-state index in [1.807, 2.05) is 61.5 Å². The van der Waals surface area contributed by atoms with Crippen molar-refractivity contribution in [2.45, 2.75) is 26.7 Å². The third kappa shape index (κ3) is 5.69. The Kier molecular flexibility index (Phi) is 7.91. The highest BCUT2D eigenvalue weighted by Gasteiger charge is 2.20. The molecule has 0 aliphatic rings. The molecule has 1 amide bonds. The maximum absolute atomic E-state index is 13.0. The van der Waals surface area contributed by atoms with E-state index in [1.165, 1.54) is 0 Å². The highest BCUT2D eigenvalue weighted by molar-refractivity contribution is 6.06. The van der Waals surface area contributed by atoms with Gasteiger partial charge < -0.3 is 14.8 Å². The number of amides is 1. The van der Waals surface area contributed by atoms with Gasteiger partial charge in [-0.25, -0.2) is 9.78 Å². The molecule has 7 heteroatoms. The lowest BCUT2D eigenvalue weighted by Gasteiger charge is -2.14. The minimum atomic E-state index is -0.583. The molecule has 0 bridgehead atoms. The standard InChI is InChI=1S/C25H26N2O5/c1-3-31-22(29)14-9-15-26-21(28)16-32-25(30)23-17(2)24(18-10-5-4-6-11-18)27-20-13-8-7-12-19(20)23/h4-8,10-13H,3,9,14-16H2,1-2H3,(H,26,28). The van der Waals surface area contributed by atoms with Gasteiger partial charge in [0.05, 0.1) is 23.4 Å². The van der Waals surface area contributed by atoms with Crippen molar-refractivity contribution in [2.24, 2.45) is 0 Å². The van der Waals surface area contributed by atoms with Crippen molar-refractivity contribution < 1.29 is 23.9 Å². The maximum Gasteiger partial charge on any atom is 0.339 e. The van der Waals surface area contributed by atoms with Crippen LogP contribution in [-0.2, 0) is 19.1 Å². The Hall–Kier alpha value is -3.74. The van der Waals surface area contributed by atoms with Gasteiger partial charge in [0.15, 0.2) is 6.61 Å². The predicted molar refractivity (Wildman–Crippen MR) is 121 cm³/mol. The van der Waals surface area contributed by atoms with E-state index in [0.717, 1.165) is 5.56 Å². The van der Waals surface area contributed by atoms with Crippen LogP contribution in [0.3, 0.4) is 0 Å². The van der Waals surface area contributed by atoms with Crippen LogP contribution in [0.5, 0.6) is 0 Å². The van der Waals surface area contributed by atoms with E-state index >= 15 is 0 Å². The van der Waals surface area contributed by atoms with Gasteiger partial charge >= 0.3 is 11.9 Å². The van der Waals surface area contributed by atoms with Crippen molar-refractivity contribution in [1.29, 1.82) is 0 Å². The maximum atomic E-state index is 13.0. The second-order valence-corrected chi connectivity index (χ2v) is 7.18. The highest BCUT2D eigenvalue weighted by Crippen LogP contribution is 2.30. The topological polar surface area (TPSA) is 94.6 Å². The van der Waals surface area contributed by atoms with Crippen LogP contribution in [-0.4, -0.2) is 42.6 Å². The van der Waals surface area contributed by atoms with E-state index in [9.17, 15) is 14.4 Å². The van der Waals surface area contributed by atoms with Crippen LogP contribution in [0.4, 0.5) is 0 Å². The average Bonchev–Trinajstić information content (AvgIpc) is 2.80. The molecule has 0 spiro atoms. The number of rotatable bonds is 9. The van der Waals surface area contributed by atoms with Crippen molar-refractivity contribution in [3.63, 3.8) is 0 Å². The monoisotopic (exact) mass is 434 g/mol. The zero-order valence-corrected chi connectivity index (χ0v) is 18.2. The molecule has 0 unspecified atom stereocenters. The van der Waals surface area contributed by atoms with Gasteiger partial charge in [0.1, 0.15) is 0 Å². The molecule has 0 atom stereocenters. The number of hydrogen-bond donors (Lipinski definition) is 1. The fourth-order valence-electron chi connectivity index (χ4n) is 3.40. The lowest BCUT2D eigenvalue weighted by Crippen LogP contribution is -2.30. The number of fused-ring (bicyclic) bond motifs is 1. The number of benzene rings is 2. The average molecular weight is 434 g/mol. The highest BCUT2D eigenvalue weighted by atomic mass is 16.5. The normalized spacial score (nSPS) is 10.6. The third-order valence-electron chi connectivity index (χ3n) is 4.91. The molecule has 7 nitrogen and oxygen atoms in total. The first kappa shape index (κ1) is 22.9. The third-order valence-corrected chi connectivity index (χ3v) is 4.91. The second kappa shape index (κ2) is 11.0. The van der Waals surface area contributed by atoms with Gasteiger partial charge in [0.25, 0.3) is 5.91 Å². The molecule has 166 valence electrons. The fourth-order valence-corrected chi connectivity index (χ4v) is 3.40. The van der Waals surface area contributed by atoms with Crippen molar-refractivity contribution in [1.82, 2.24) is 10.3 Å². The molecule has 0 fully saturated rings. The number of carbonyl (C=O) groups excluding carboxylic acids is 3. The Bertz CT molecular complexity index is 1110. The van der Waals surface area contributed by atoms with Gasteiger partial charge in [-0.1, -0.05) is 48.5 Å². The van der Waals surface area contributed by atoms with E-state index in [2.05, 4.69) is 5.32 Å². The van der Waals surface area contributed by atoms with E-state index in [1.54, 1.807) is 6.92 Å². The van der Waals surface area contributed by atoms with Gasteiger partial charge in [-0.3, -0.25) is 9.59 Å². The Morgan fingerprint density at radius 3 is 2.44 bits per heavy atom. The molecular formula is C25H26N2O5. The van der Waals surface area contributed by atoms with E-state index in [-0.39, 0.29) is 12.4 Å². The molecule has 0 aliphatic heterocycles. The lowest BCUT2D eigenvalue weighted by atomic mass is 9.98. The molecule has 1 heterocycles. The SMILES string of the molecule is CCOC(=O)CCCNC(=O)COC(=O)c1c(C)c(-c2ccccc2)nc2ccccc12. The van der Waals surface area contributed by atoms with Crippen molar-refractivity contribution in [3.05, 3.63) is 65.7 Å². The Morgan fingerprint density at radius 1 is 0.969 bits per heavy atom. The van der Waals surface area contributed by atoms with Crippen LogP contribution in [0.25, 0.3) is 22.2 Å². The molecule has 3 rings (SSSR count). The zero-order valence-electron chi connectivity index (χ0n) is 18.2. The van der Waals surface area contributed by atoms with E-state index < -0.39 is 18.5 Å². The van der Waals surface area contributed by atoms with Gasteiger partial charge in [-0.05, 0) is 31.9 Å². The molecule has 0 radical (unpaired) electrons. The number of para-hydroxylation sites is 1. The minimum absolute atomic E-state index is 0.221. The summed E-state index contributed by atoms with van der Waals surface area (Å²) < 4.78 is 10.2. The van der Waals surface area contributed by atoms with Gasteiger partial charge in [0, 0.05) is 23.9 Å². The van der Waals surface area contributed by atoms with Gasteiger partial charge in [0.2, 0.25) is 0 Å². The number of hydrogen-bond acceptors (Lipinski definition) is 6. The molecule has 0 aliphatic carbocycles. The first-order valence-electron chi connectivity index (χ1n) is 10.6. The molecule has 3 aromatic rings. The summed E-state index contributed by atoms with van der Waals surface area (Å²) in [4.78, 5) is 41.1. The second-order valence-electron chi connectivity index (χ2n) is 7.18. The summed E-state index contributed by atoms with van der Waals surface area (Å²) in [5.74, 6) is -1.32. The van der Waals surface area contributed by atoms with Crippen LogP contribution < -0.4 is 5.32 Å². The van der Waals surface area contributed by atoms with Crippen LogP contribution in [0.2, 0.25) is 0 Å². The number of aromatic nitrogens is 1. The predicted octanol–water partition coefficient (Wildman–Crippen LogP) is 3.83. The first-order chi connectivity index (χ1) is 15.5. The summed E-state index contributed by atoms with van der Waals surface area (Å²) in [5.41, 5.74) is 3.34. The zero-order chi connectivity index (χ0) is 22.9. The van der Waals surface area contributed by atoms with E-state index in [4.69, 9.17) is 14.5 Å². The van der Waals surface area contributed by atoms with Gasteiger partial charge in [-0.15, -0.1) is 0 Å². The first-order valence-corrected chi connectivity index (χ1v) is 10.6. The van der Waals surface area contributed by atoms with Crippen LogP contribution in [0.1, 0.15) is 35.7 Å². The Labute approximate surface area is 186 Å². The fraction of sp³-hybridized carbons (Fsp3) is 0.280. The smallest absolute Gasteiger partial charge is 0.339 e. The molecule has 0 saturated heterocycles. The Morgan fingerprint density at radius 2 is 1.69 bits per heavy atom.